The fourth-order valence-electron chi connectivity index (χ4n) is 1.35. The Morgan fingerprint density at radius 1 is 1.53 bits per heavy atom. The Kier molecular flexibility index (Phi) is 4.81. The van der Waals surface area contributed by atoms with Gasteiger partial charge in [-0.3, -0.25) is 0 Å². The summed E-state index contributed by atoms with van der Waals surface area (Å²) in [6.07, 6.45) is 2.91. The Bertz CT molecular complexity index is 385. The van der Waals surface area contributed by atoms with Crippen LogP contribution in [0.5, 0.6) is 0 Å². The number of rotatable bonds is 3. The second-order valence-electron chi connectivity index (χ2n) is 3.40. The van der Waals surface area contributed by atoms with E-state index < -0.39 is 0 Å². The summed E-state index contributed by atoms with van der Waals surface area (Å²) in [7, 11) is 0. The van der Waals surface area contributed by atoms with E-state index in [4.69, 9.17) is 11.6 Å². The third-order valence-corrected chi connectivity index (χ3v) is 3.17. The Hall–Kier alpha value is -0.340. The van der Waals surface area contributed by atoms with Gasteiger partial charge in [0.15, 0.2) is 0 Å². The van der Waals surface area contributed by atoms with Gasteiger partial charge in [-0.1, -0.05) is 39.7 Å². The molecular weight excluding hydrogens is 278 g/mol. The van der Waals surface area contributed by atoms with Crippen LogP contribution >= 0.6 is 27.5 Å². The fourth-order valence-corrected chi connectivity index (χ4v) is 1.72. The standard InChI is InChI=1S/C12H13BrClF/c1-8(4-3-7-13)10-5-6-11(14)9(2)12(10)15/h4-6H,3,7H2,1-2H3/b8-4-. The van der Waals surface area contributed by atoms with Gasteiger partial charge in [-0.2, -0.15) is 0 Å². The number of halogens is 3. The Labute approximate surface area is 103 Å². The van der Waals surface area contributed by atoms with Crippen LogP contribution in [0.15, 0.2) is 18.2 Å². The first-order valence-electron chi connectivity index (χ1n) is 4.75. The zero-order chi connectivity index (χ0) is 11.4. The quantitative estimate of drug-likeness (QED) is 0.689. The molecule has 1 aromatic rings. The number of alkyl halides is 1. The van der Waals surface area contributed by atoms with Crippen LogP contribution in [0.25, 0.3) is 5.57 Å². The van der Waals surface area contributed by atoms with Crippen molar-refractivity contribution < 1.29 is 4.39 Å². The minimum Gasteiger partial charge on any atom is -0.206 e. The molecule has 0 nitrogen and oxygen atoms in total. The maximum atomic E-state index is 13.8. The predicted octanol–water partition coefficient (Wildman–Crippen LogP) is 4.98. The number of hydrogen-bond acceptors (Lipinski definition) is 0. The first-order valence-corrected chi connectivity index (χ1v) is 6.25. The monoisotopic (exact) mass is 290 g/mol. The van der Waals surface area contributed by atoms with Crippen molar-refractivity contribution in [3.05, 3.63) is 40.2 Å². The highest BCUT2D eigenvalue weighted by Crippen LogP contribution is 2.26. The average Bonchev–Trinajstić information content (AvgIpc) is 2.23. The molecule has 1 rings (SSSR count). The SMILES string of the molecule is C/C(=C/CCBr)c1ccc(Cl)c(C)c1F. The van der Waals surface area contributed by atoms with E-state index in [1.165, 1.54) is 0 Å². The molecule has 0 radical (unpaired) electrons. The van der Waals surface area contributed by atoms with Gasteiger partial charge in [-0.15, -0.1) is 0 Å². The first-order chi connectivity index (χ1) is 7.07. The van der Waals surface area contributed by atoms with Crippen molar-refractivity contribution >= 4 is 33.1 Å². The molecule has 0 atom stereocenters. The molecule has 82 valence electrons. The highest BCUT2D eigenvalue weighted by molar-refractivity contribution is 9.09. The molecule has 0 aliphatic rings. The van der Waals surface area contributed by atoms with Crippen LogP contribution < -0.4 is 0 Å². The molecular formula is C12H13BrClF. The van der Waals surface area contributed by atoms with Crippen molar-refractivity contribution in [1.82, 2.24) is 0 Å². The van der Waals surface area contributed by atoms with Gasteiger partial charge in [0.25, 0.3) is 0 Å². The van der Waals surface area contributed by atoms with E-state index in [1.54, 1.807) is 19.1 Å². The summed E-state index contributed by atoms with van der Waals surface area (Å²) in [6.45, 7) is 3.60. The summed E-state index contributed by atoms with van der Waals surface area (Å²) in [5, 5.41) is 1.36. The van der Waals surface area contributed by atoms with E-state index in [9.17, 15) is 4.39 Å². The van der Waals surface area contributed by atoms with Gasteiger partial charge in [-0.05, 0) is 31.9 Å². The molecule has 0 aliphatic heterocycles. The minimum atomic E-state index is -0.217. The van der Waals surface area contributed by atoms with Crippen LogP contribution in [0.1, 0.15) is 24.5 Å². The highest BCUT2D eigenvalue weighted by atomic mass is 79.9. The molecule has 0 fully saturated rings. The zero-order valence-electron chi connectivity index (χ0n) is 8.78. The van der Waals surface area contributed by atoms with Gasteiger partial charge in [0.2, 0.25) is 0 Å². The molecule has 1 aromatic carbocycles. The summed E-state index contributed by atoms with van der Waals surface area (Å²) in [6, 6.07) is 3.46. The maximum absolute atomic E-state index is 13.8. The van der Waals surface area contributed by atoms with Crippen molar-refractivity contribution in [2.45, 2.75) is 20.3 Å². The van der Waals surface area contributed by atoms with Gasteiger partial charge in [0.05, 0.1) is 0 Å². The van der Waals surface area contributed by atoms with E-state index in [2.05, 4.69) is 15.9 Å². The van der Waals surface area contributed by atoms with Crippen LogP contribution in [-0.2, 0) is 0 Å². The lowest BCUT2D eigenvalue weighted by molar-refractivity contribution is 0.614. The van der Waals surface area contributed by atoms with Crippen molar-refractivity contribution in [2.24, 2.45) is 0 Å². The van der Waals surface area contributed by atoms with E-state index in [0.717, 1.165) is 17.3 Å². The third-order valence-electron chi connectivity index (χ3n) is 2.30. The Morgan fingerprint density at radius 3 is 2.80 bits per heavy atom. The summed E-state index contributed by atoms with van der Waals surface area (Å²) >= 11 is 9.16. The number of allylic oxidation sites excluding steroid dienone is 2. The molecule has 3 heteroatoms. The van der Waals surface area contributed by atoms with E-state index >= 15 is 0 Å². The van der Waals surface area contributed by atoms with E-state index in [0.29, 0.717) is 16.1 Å². The number of benzene rings is 1. The smallest absolute Gasteiger partial charge is 0.135 e. The van der Waals surface area contributed by atoms with Crippen LogP contribution in [0, 0.1) is 12.7 Å². The second kappa shape index (κ2) is 5.66. The normalized spacial score (nSPS) is 11.9. The van der Waals surface area contributed by atoms with Crippen molar-refractivity contribution in [2.75, 3.05) is 5.33 Å². The fraction of sp³-hybridized carbons (Fsp3) is 0.333. The molecule has 0 heterocycles. The summed E-state index contributed by atoms with van der Waals surface area (Å²) in [5.74, 6) is -0.217. The molecule has 0 N–H and O–H groups in total. The van der Waals surface area contributed by atoms with E-state index in [1.807, 2.05) is 13.0 Å². The van der Waals surface area contributed by atoms with Crippen molar-refractivity contribution in [3.8, 4) is 0 Å². The maximum Gasteiger partial charge on any atom is 0.135 e. The molecule has 0 saturated carbocycles. The summed E-state index contributed by atoms with van der Waals surface area (Å²) in [5.41, 5.74) is 2.10. The lowest BCUT2D eigenvalue weighted by Gasteiger charge is -2.07. The van der Waals surface area contributed by atoms with Crippen LogP contribution in [0.2, 0.25) is 5.02 Å². The highest BCUT2D eigenvalue weighted by Gasteiger charge is 2.09. The molecule has 0 saturated heterocycles. The minimum absolute atomic E-state index is 0.217. The van der Waals surface area contributed by atoms with Gasteiger partial charge in [0.1, 0.15) is 5.82 Å². The average molecular weight is 292 g/mol. The molecule has 0 aromatic heterocycles. The van der Waals surface area contributed by atoms with Gasteiger partial charge < -0.3 is 0 Å². The Morgan fingerprint density at radius 2 is 2.20 bits per heavy atom. The zero-order valence-corrected chi connectivity index (χ0v) is 11.1. The molecule has 15 heavy (non-hydrogen) atoms. The van der Waals surface area contributed by atoms with Gasteiger partial charge >= 0.3 is 0 Å². The van der Waals surface area contributed by atoms with Gasteiger partial charge in [-0.25, -0.2) is 4.39 Å². The summed E-state index contributed by atoms with van der Waals surface area (Å²) < 4.78 is 13.8. The lowest BCUT2D eigenvalue weighted by Crippen LogP contribution is -1.92. The van der Waals surface area contributed by atoms with Crippen molar-refractivity contribution in [1.29, 1.82) is 0 Å². The van der Waals surface area contributed by atoms with Crippen LogP contribution in [0.4, 0.5) is 4.39 Å². The molecule has 0 spiro atoms. The molecule has 0 unspecified atom stereocenters. The van der Waals surface area contributed by atoms with E-state index in [-0.39, 0.29) is 5.82 Å². The van der Waals surface area contributed by atoms with Gasteiger partial charge in [0, 0.05) is 21.5 Å². The van der Waals surface area contributed by atoms with Crippen LogP contribution in [-0.4, -0.2) is 5.33 Å². The summed E-state index contributed by atoms with van der Waals surface area (Å²) in [4.78, 5) is 0. The first kappa shape index (κ1) is 12.7. The predicted molar refractivity (Wildman–Crippen MR) is 68.2 cm³/mol. The van der Waals surface area contributed by atoms with Crippen LogP contribution in [0.3, 0.4) is 0 Å². The topological polar surface area (TPSA) is 0 Å². The third kappa shape index (κ3) is 3.05. The molecule has 0 amide bonds. The molecule has 0 aliphatic carbocycles. The largest absolute Gasteiger partial charge is 0.206 e. The lowest BCUT2D eigenvalue weighted by atomic mass is 10.0. The van der Waals surface area contributed by atoms with Crippen molar-refractivity contribution in [3.63, 3.8) is 0 Å². The number of hydrogen-bond donors (Lipinski definition) is 0. The molecule has 0 bridgehead atoms. The second-order valence-corrected chi connectivity index (χ2v) is 4.60. The Balaban J connectivity index is 3.10.